The molecule has 3 heteroatoms. The van der Waals surface area contributed by atoms with Crippen LogP contribution in [0.15, 0.2) is 0 Å². The summed E-state index contributed by atoms with van der Waals surface area (Å²) in [5.74, 6) is 2.89. The third kappa shape index (κ3) is 12.5. The van der Waals surface area contributed by atoms with Crippen molar-refractivity contribution in [1.82, 2.24) is 0 Å². The van der Waals surface area contributed by atoms with Gasteiger partial charge in [0.05, 0.1) is 0 Å². The van der Waals surface area contributed by atoms with Gasteiger partial charge in [0.25, 0.3) is 0 Å². The van der Waals surface area contributed by atoms with Crippen LogP contribution in [0, 0.1) is 63.2 Å². The fourth-order valence-electron chi connectivity index (χ4n) is 1.48. The predicted octanol–water partition coefficient (Wildman–Crippen LogP) is 5.37. The second kappa shape index (κ2) is 14.9. The Hall–Kier alpha value is 1.46. The molecule has 2 saturated carbocycles. The Morgan fingerprint density at radius 3 is 1.83 bits per heavy atom. The summed E-state index contributed by atoms with van der Waals surface area (Å²) in [5.41, 5.74) is 0. The van der Waals surface area contributed by atoms with Crippen molar-refractivity contribution < 1.29 is 20.8 Å². The van der Waals surface area contributed by atoms with Crippen LogP contribution >= 0.6 is 17.0 Å². The summed E-state index contributed by atoms with van der Waals surface area (Å²) in [6, 6.07) is 0. The zero-order valence-electron chi connectivity index (χ0n) is 11.0. The fraction of sp³-hybridized carbons (Fsp3) is 0.333. The zero-order chi connectivity index (χ0) is 13.6. The molecule has 0 saturated heterocycles. The van der Waals surface area contributed by atoms with Gasteiger partial charge in [-0.15, -0.1) is 0 Å². The van der Waals surface area contributed by atoms with E-state index in [0.717, 1.165) is 0 Å². The Labute approximate surface area is 133 Å². The van der Waals surface area contributed by atoms with Crippen LogP contribution in [0.5, 0.6) is 0 Å². The minimum absolute atomic E-state index is 0.826. The monoisotopic (exact) mass is 360 g/mol. The molecule has 18 heavy (non-hydrogen) atoms. The molecule has 0 amide bonds. The fourth-order valence-corrected chi connectivity index (χ4v) is 1.48. The molecule has 0 aliphatic heterocycles. The average molecular weight is 362 g/mol. The molecule has 0 bridgehead atoms. The number of hydrogen-bond donors (Lipinski definition) is 0. The van der Waals surface area contributed by atoms with Gasteiger partial charge in [-0.2, -0.15) is 0 Å². The van der Waals surface area contributed by atoms with Crippen LogP contribution in [0.3, 0.4) is 0 Å². The van der Waals surface area contributed by atoms with Crippen molar-refractivity contribution >= 4 is 17.0 Å². The Bertz CT molecular complexity index is 153. The quantitative estimate of drug-likeness (QED) is 0.633. The Kier molecular flexibility index (Phi) is 16.1. The summed E-state index contributed by atoms with van der Waals surface area (Å²) < 4.78 is 0. The summed E-state index contributed by atoms with van der Waals surface area (Å²) in [7, 11) is 9.87. The van der Waals surface area contributed by atoms with E-state index in [1.807, 2.05) is 32.1 Å². The van der Waals surface area contributed by atoms with Crippen molar-refractivity contribution in [1.29, 1.82) is 0 Å². The van der Waals surface area contributed by atoms with Crippen LogP contribution in [0.4, 0.5) is 0 Å². The summed E-state index contributed by atoms with van der Waals surface area (Å²) >= 11 is -0.826. The van der Waals surface area contributed by atoms with Crippen LogP contribution in [-0.2, 0) is 20.8 Å². The number of rotatable bonds is 3. The van der Waals surface area contributed by atoms with E-state index in [4.69, 9.17) is 17.0 Å². The van der Waals surface area contributed by atoms with E-state index in [2.05, 4.69) is 33.1 Å². The number of hydrogen-bond acceptors (Lipinski definition) is 0. The molecule has 96 valence electrons. The van der Waals surface area contributed by atoms with Crippen molar-refractivity contribution in [3.05, 3.63) is 63.2 Å². The van der Waals surface area contributed by atoms with E-state index < -0.39 is 20.8 Å². The SMILES string of the molecule is CCCC[C]1[CH][CH][C](C)[CH]1.[CH]1[CH][CH][CH][CH]1.[Cl][Zr+2][Cl]. The average Bonchev–Trinajstić information content (AvgIpc) is 3.01. The molecule has 0 N–H and O–H groups in total. The Morgan fingerprint density at radius 2 is 1.50 bits per heavy atom. The third-order valence-corrected chi connectivity index (χ3v) is 2.35. The molecular weight excluding hydrogens is 342 g/mol. The van der Waals surface area contributed by atoms with Gasteiger partial charge in [-0.1, -0.05) is 26.7 Å². The summed E-state index contributed by atoms with van der Waals surface area (Å²) in [6.45, 7) is 4.38. The van der Waals surface area contributed by atoms with Crippen LogP contribution < -0.4 is 0 Å². The van der Waals surface area contributed by atoms with Gasteiger partial charge >= 0.3 is 37.9 Å². The zero-order valence-corrected chi connectivity index (χ0v) is 15.0. The molecule has 2 aliphatic rings. The maximum atomic E-state index is 4.93. The minimum atomic E-state index is -0.826. The molecule has 0 aromatic carbocycles. The molecule has 0 atom stereocenters. The van der Waals surface area contributed by atoms with Crippen molar-refractivity contribution in [3.8, 4) is 0 Å². The predicted molar refractivity (Wildman–Crippen MR) is 77.8 cm³/mol. The number of unbranched alkanes of at least 4 members (excludes halogenated alkanes) is 1. The van der Waals surface area contributed by atoms with Crippen molar-refractivity contribution in [2.45, 2.75) is 33.1 Å². The molecule has 0 aromatic heterocycles. The van der Waals surface area contributed by atoms with Gasteiger partial charge in [-0.05, 0) is 69.6 Å². The standard InChI is InChI=1S/C10H15.C5H5.2ClH.Zr/c1-3-4-5-10-7-6-9(2)8-10;1-2-4-5-3-1;;;/h6-8H,3-5H2,1-2H3;1-5H;2*1H;/q;;;;+4/p-2. The summed E-state index contributed by atoms with van der Waals surface area (Å²) in [5, 5.41) is 0. The Balaban J connectivity index is 0.000000301. The van der Waals surface area contributed by atoms with Crippen molar-refractivity contribution in [2.24, 2.45) is 0 Å². The first kappa shape index (κ1) is 19.5. The molecule has 0 aromatic rings. The van der Waals surface area contributed by atoms with E-state index in [1.165, 1.54) is 31.1 Å². The Morgan fingerprint density at radius 1 is 1.00 bits per heavy atom. The van der Waals surface area contributed by atoms with Gasteiger partial charge in [0.1, 0.15) is 0 Å². The van der Waals surface area contributed by atoms with Crippen molar-refractivity contribution in [3.63, 3.8) is 0 Å². The van der Waals surface area contributed by atoms with Crippen LogP contribution in [-0.4, -0.2) is 0 Å². The van der Waals surface area contributed by atoms with Crippen LogP contribution in [0.25, 0.3) is 0 Å². The van der Waals surface area contributed by atoms with E-state index in [9.17, 15) is 0 Å². The van der Waals surface area contributed by atoms with Gasteiger partial charge in [0.15, 0.2) is 0 Å². The van der Waals surface area contributed by atoms with E-state index in [1.54, 1.807) is 0 Å². The van der Waals surface area contributed by atoms with Gasteiger partial charge in [0, 0.05) is 0 Å². The number of halogens is 2. The molecular formula is C15H20Cl2Zr+2. The van der Waals surface area contributed by atoms with E-state index in [0.29, 0.717) is 0 Å². The maximum absolute atomic E-state index is 4.93. The van der Waals surface area contributed by atoms with Crippen LogP contribution in [0.2, 0.25) is 0 Å². The first-order valence-corrected chi connectivity index (χ1v) is 12.4. The van der Waals surface area contributed by atoms with Gasteiger partial charge in [-0.25, -0.2) is 0 Å². The second-order valence-corrected chi connectivity index (χ2v) is 7.67. The molecule has 2 fully saturated rings. The first-order valence-electron chi connectivity index (χ1n) is 6.09. The molecule has 0 unspecified atom stereocenters. The van der Waals surface area contributed by atoms with E-state index in [-0.39, 0.29) is 0 Å². The van der Waals surface area contributed by atoms with E-state index >= 15 is 0 Å². The molecule has 10 radical (unpaired) electrons. The molecule has 0 heterocycles. The van der Waals surface area contributed by atoms with Crippen LogP contribution in [0.1, 0.15) is 33.1 Å². The normalized spacial score (nSPS) is 19.6. The third-order valence-electron chi connectivity index (χ3n) is 2.35. The van der Waals surface area contributed by atoms with Crippen molar-refractivity contribution in [2.75, 3.05) is 0 Å². The molecule has 0 spiro atoms. The van der Waals surface area contributed by atoms with Gasteiger partial charge < -0.3 is 0 Å². The summed E-state index contributed by atoms with van der Waals surface area (Å²) in [6.07, 6.45) is 20.6. The molecule has 2 aliphatic carbocycles. The van der Waals surface area contributed by atoms with Gasteiger partial charge in [-0.3, -0.25) is 0 Å². The molecule has 2 rings (SSSR count). The molecule has 0 nitrogen and oxygen atoms in total. The topological polar surface area (TPSA) is 0 Å². The first-order chi connectivity index (χ1) is 8.74. The summed E-state index contributed by atoms with van der Waals surface area (Å²) in [4.78, 5) is 0. The second-order valence-electron chi connectivity index (χ2n) is 3.93. The van der Waals surface area contributed by atoms with Gasteiger partial charge in [0.2, 0.25) is 0 Å².